The highest BCUT2D eigenvalue weighted by atomic mass is 35.5. The lowest BCUT2D eigenvalue weighted by molar-refractivity contribution is -0.127. The SMILES string of the molecule is O=C1[C@H](Cc2ccccc2)N=C(Nc2ccc(Cl)cc2)N1CC1CCCCC1. The molecule has 4 nitrogen and oxygen atoms in total. The van der Waals surface area contributed by atoms with Crippen molar-refractivity contribution < 1.29 is 4.79 Å². The Morgan fingerprint density at radius 2 is 1.71 bits per heavy atom. The van der Waals surface area contributed by atoms with Gasteiger partial charge < -0.3 is 5.32 Å². The van der Waals surface area contributed by atoms with Crippen LogP contribution < -0.4 is 5.32 Å². The number of nitrogens with one attached hydrogen (secondary N) is 1. The van der Waals surface area contributed by atoms with Crippen molar-refractivity contribution in [3.8, 4) is 0 Å². The Bertz CT molecular complexity index is 829. The molecule has 0 bridgehead atoms. The topological polar surface area (TPSA) is 44.7 Å². The predicted octanol–water partition coefficient (Wildman–Crippen LogP) is 5.14. The molecule has 1 saturated carbocycles. The number of hydrogen-bond donors (Lipinski definition) is 1. The second-order valence-electron chi connectivity index (χ2n) is 7.74. The lowest BCUT2D eigenvalue weighted by atomic mass is 9.89. The number of carbonyl (C=O) groups excluding carboxylic acids is 1. The highest BCUT2D eigenvalue weighted by Crippen LogP contribution is 2.27. The molecule has 1 aliphatic carbocycles. The Morgan fingerprint density at radius 3 is 2.43 bits per heavy atom. The van der Waals surface area contributed by atoms with Gasteiger partial charge in [-0.25, -0.2) is 4.99 Å². The van der Waals surface area contributed by atoms with Crippen LogP contribution >= 0.6 is 11.6 Å². The van der Waals surface area contributed by atoms with E-state index in [2.05, 4.69) is 17.4 Å². The second-order valence-corrected chi connectivity index (χ2v) is 8.18. The molecule has 1 heterocycles. The van der Waals surface area contributed by atoms with Gasteiger partial charge in [0, 0.05) is 23.7 Å². The number of aliphatic imine (C=N–C) groups is 1. The summed E-state index contributed by atoms with van der Waals surface area (Å²) < 4.78 is 0. The smallest absolute Gasteiger partial charge is 0.254 e. The molecule has 28 heavy (non-hydrogen) atoms. The van der Waals surface area contributed by atoms with Crippen molar-refractivity contribution in [1.82, 2.24) is 4.90 Å². The molecule has 0 unspecified atom stereocenters. The van der Waals surface area contributed by atoms with E-state index in [1.54, 1.807) is 0 Å². The van der Waals surface area contributed by atoms with Gasteiger partial charge in [0.1, 0.15) is 6.04 Å². The normalized spacial score (nSPS) is 20.3. The van der Waals surface area contributed by atoms with Crippen molar-refractivity contribution in [2.75, 3.05) is 11.9 Å². The molecular formula is C23H26ClN3O. The third-order valence-electron chi connectivity index (χ3n) is 5.62. The van der Waals surface area contributed by atoms with Crippen LogP contribution in [0.15, 0.2) is 59.6 Å². The fraction of sp³-hybridized carbons (Fsp3) is 0.391. The Morgan fingerprint density at radius 1 is 1.00 bits per heavy atom. The van der Waals surface area contributed by atoms with Crippen LogP contribution in [0.25, 0.3) is 0 Å². The third kappa shape index (κ3) is 4.56. The molecule has 1 atom stereocenters. The van der Waals surface area contributed by atoms with Crippen LogP contribution in [0, 0.1) is 5.92 Å². The number of benzene rings is 2. The van der Waals surface area contributed by atoms with Crippen molar-refractivity contribution in [1.29, 1.82) is 0 Å². The maximum atomic E-state index is 13.2. The Labute approximate surface area is 171 Å². The third-order valence-corrected chi connectivity index (χ3v) is 5.87. The van der Waals surface area contributed by atoms with Crippen LogP contribution in [0.2, 0.25) is 5.02 Å². The molecule has 0 saturated heterocycles. The van der Waals surface area contributed by atoms with E-state index in [0.717, 1.165) is 17.8 Å². The van der Waals surface area contributed by atoms with E-state index in [-0.39, 0.29) is 11.9 Å². The fourth-order valence-corrected chi connectivity index (χ4v) is 4.22. The summed E-state index contributed by atoms with van der Waals surface area (Å²) in [6.07, 6.45) is 6.86. The lowest BCUT2D eigenvalue weighted by Gasteiger charge is -2.28. The summed E-state index contributed by atoms with van der Waals surface area (Å²) in [5.41, 5.74) is 2.03. The average Bonchev–Trinajstić information content (AvgIpc) is 3.00. The Balaban J connectivity index is 1.53. The summed E-state index contributed by atoms with van der Waals surface area (Å²) in [4.78, 5) is 19.8. The number of carbonyl (C=O) groups is 1. The predicted molar refractivity (Wildman–Crippen MR) is 115 cm³/mol. The highest BCUT2D eigenvalue weighted by molar-refractivity contribution is 6.30. The number of hydrogen-bond acceptors (Lipinski definition) is 3. The number of guanidine groups is 1. The van der Waals surface area contributed by atoms with Crippen molar-refractivity contribution in [2.45, 2.75) is 44.6 Å². The minimum atomic E-state index is -0.360. The van der Waals surface area contributed by atoms with Crippen LogP contribution in [0.4, 0.5) is 5.69 Å². The molecule has 1 fully saturated rings. The van der Waals surface area contributed by atoms with Gasteiger partial charge in [-0.3, -0.25) is 9.69 Å². The van der Waals surface area contributed by atoms with E-state index in [0.29, 0.717) is 23.3 Å². The van der Waals surface area contributed by atoms with E-state index in [4.69, 9.17) is 16.6 Å². The molecule has 5 heteroatoms. The molecule has 2 aliphatic rings. The minimum Gasteiger partial charge on any atom is -0.326 e. The van der Waals surface area contributed by atoms with Crippen molar-refractivity contribution in [2.24, 2.45) is 10.9 Å². The molecule has 1 aliphatic heterocycles. The van der Waals surface area contributed by atoms with Gasteiger partial charge in [-0.1, -0.05) is 61.2 Å². The number of rotatable bonds is 5. The van der Waals surface area contributed by atoms with E-state index in [9.17, 15) is 4.79 Å². The van der Waals surface area contributed by atoms with Crippen molar-refractivity contribution in [3.63, 3.8) is 0 Å². The Hall–Kier alpha value is -2.33. The van der Waals surface area contributed by atoms with E-state index in [1.165, 1.54) is 32.1 Å². The molecule has 146 valence electrons. The number of anilines is 1. The largest absolute Gasteiger partial charge is 0.326 e. The first-order valence-corrected chi connectivity index (χ1v) is 10.5. The van der Waals surface area contributed by atoms with Crippen LogP contribution in [0.5, 0.6) is 0 Å². The summed E-state index contributed by atoms with van der Waals surface area (Å²) >= 11 is 6.00. The summed E-state index contributed by atoms with van der Waals surface area (Å²) in [7, 11) is 0. The number of amides is 1. The summed E-state index contributed by atoms with van der Waals surface area (Å²) in [5, 5.41) is 4.04. The number of nitrogens with zero attached hydrogens (tertiary/aromatic N) is 2. The molecule has 0 radical (unpaired) electrons. The van der Waals surface area contributed by atoms with Crippen LogP contribution in [-0.4, -0.2) is 29.4 Å². The number of halogens is 1. The van der Waals surface area contributed by atoms with Crippen molar-refractivity contribution in [3.05, 3.63) is 65.2 Å². The molecule has 2 aromatic carbocycles. The fourth-order valence-electron chi connectivity index (χ4n) is 4.09. The quantitative estimate of drug-likeness (QED) is 0.761. The summed E-state index contributed by atoms with van der Waals surface area (Å²) in [6.45, 7) is 0.754. The molecule has 0 spiro atoms. The molecule has 2 aromatic rings. The van der Waals surface area contributed by atoms with Gasteiger partial charge in [0.25, 0.3) is 5.91 Å². The van der Waals surface area contributed by atoms with Gasteiger partial charge in [0.15, 0.2) is 0 Å². The van der Waals surface area contributed by atoms with Gasteiger partial charge in [-0.2, -0.15) is 0 Å². The molecule has 1 amide bonds. The molecule has 0 aromatic heterocycles. The summed E-state index contributed by atoms with van der Waals surface area (Å²) in [6, 6.07) is 17.3. The zero-order valence-electron chi connectivity index (χ0n) is 16.0. The molecule has 1 N–H and O–H groups in total. The highest BCUT2D eigenvalue weighted by Gasteiger charge is 2.36. The lowest BCUT2D eigenvalue weighted by Crippen LogP contribution is -2.42. The first-order valence-electron chi connectivity index (χ1n) is 10.1. The van der Waals surface area contributed by atoms with Crippen LogP contribution in [0.1, 0.15) is 37.7 Å². The van der Waals surface area contributed by atoms with Gasteiger partial charge >= 0.3 is 0 Å². The van der Waals surface area contributed by atoms with Gasteiger partial charge in [0.2, 0.25) is 5.96 Å². The summed E-state index contributed by atoms with van der Waals surface area (Å²) in [5.74, 6) is 1.33. The second kappa shape index (κ2) is 8.78. The standard InChI is InChI=1S/C23H26ClN3O/c24-19-11-13-20(14-12-19)25-23-26-21(15-17-7-3-1-4-8-17)22(28)27(23)16-18-9-5-2-6-10-18/h1,3-4,7-8,11-14,18,21H,2,5-6,9-10,15-16H2,(H,25,26)/t21-/m0/s1. The van der Waals surface area contributed by atoms with Crippen molar-refractivity contribution >= 4 is 29.2 Å². The van der Waals surface area contributed by atoms with Crippen LogP contribution in [0.3, 0.4) is 0 Å². The zero-order chi connectivity index (χ0) is 19.3. The Kier molecular flexibility index (Phi) is 5.96. The maximum absolute atomic E-state index is 13.2. The van der Waals surface area contributed by atoms with Gasteiger partial charge in [-0.05, 0) is 48.6 Å². The van der Waals surface area contributed by atoms with Gasteiger partial charge in [-0.15, -0.1) is 0 Å². The van der Waals surface area contributed by atoms with E-state index >= 15 is 0 Å². The van der Waals surface area contributed by atoms with Crippen LogP contribution in [-0.2, 0) is 11.2 Å². The van der Waals surface area contributed by atoms with Gasteiger partial charge in [0.05, 0.1) is 0 Å². The monoisotopic (exact) mass is 395 g/mol. The van der Waals surface area contributed by atoms with E-state index in [1.807, 2.05) is 47.4 Å². The maximum Gasteiger partial charge on any atom is 0.254 e. The minimum absolute atomic E-state index is 0.103. The molecule has 4 rings (SSSR count). The first-order chi connectivity index (χ1) is 13.7. The first kappa shape index (κ1) is 19.0. The zero-order valence-corrected chi connectivity index (χ0v) is 16.7. The molecular weight excluding hydrogens is 370 g/mol. The van der Waals surface area contributed by atoms with E-state index < -0.39 is 0 Å². The average molecular weight is 396 g/mol.